The molecule has 0 saturated carbocycles. The van der Waals surface area contributed by atoms with Crippen LogP contribution in [0.5, 0.6) is 0 Å². The van der Waals surface area contributed by atoms with E-state index in [4.69, 9.17) is 0 Å². The van der Waals surface area contributed by atoms with E-state index in [0.29, 0.717) is 5.92 Å². The summed E-state index contributed by atoms with van der Waals surface area (Å²) in [6.45, 7) is 4.29. The van der Waals surface area contributed by atoms with Gasteiger partial charge in [0, 0.05) is 6.20 Å². The van der Waals surface area contributed by atoms with Crippen molar-refractivity contribution in [2.45, 2.75) is 19.8 Å². The van der Waals surface area contributed by atoms with Crippen molar-refractivity contribution in [2.75, 3.05) is 0 Å². The number of aromatic nitrogens is 3. The molecule has 0 aromatic carbocycles. The summed E-state index contributed by atoms with van der Waals surface area (Å²) in [6, 6.07) is 2.07. The summed E-state index contributed by atoms with van der Waals surface area (Å²) in [5.41, 5.74) is 3.93. The summed E-state index contributed by atoms with van der Waals surface area (Å²) < 4.78 is 0. The second-order valence-corrected chi connectivity index (χ2v) is 4.28. The van der Waals surface area contributed by atoms with Crippen LogP contribution in [0, 0.1) is 0 Å². The molecule has 0 aliphatic carbocycles. The number of hydrogen-bond acceptors (Lipinski definition) is 4. The van der Waals surface area contributed by atoms with E-state index in [2.05, 4.69) is 35.1 Å². The first-order valence-electron chi connectivity index (χ1n) is 4.49. The lowest BCUT2D eigenvalue weighted by molar-refractivity contribution is 0.843. The zero-order valence-corrected chi connectivity index (χ0v) is 8.95. The molecule has 0 amide bonds. The van der Waals surface area contributed by atoms with Gasteiger partial charge in [-0.1, -0.05) is 13.8 Å². The SMILES string of the molecule is CC(C)c1cnnc(-c2cncs2)c1. The number of hydrogen-bond donors (Lipinski definition) is 0. The van der Waals surface area contributed by atoms with E-state index < -0.39 is 0 Å². The van der Waals surface area contributed by atoms with Crippen LogP contribution in [0.15, 0.2) is 24.0 Å². The Morgan fingerprint density at radius 2 is 2.14 bits per heavy atom. The monoisotopic (exact) mass is 205 g/mol. The molecule has 0 atom stereocenters. The predicted molar refractivity (Wildman–Crippen MR) is 57.2 cm³/mol. The van der Waals surface area contributed by atoms with Crippen molar-refractivity contribution in [1.82, 2.24) is 15.2 Å². The van der Waals surface area contributed by atoms with E-state index in [-0.39, 0.29) is 0 Å². The van der Waals surface area contributed by atoms with E-state index in [1.807, 2.05) is 12.4 Å². The minimum absolute atomic E-state index is 0.483. The number of nitrogens with zero attached hydrogens (tertiary/aromatic N) is 3. The van der Waals surface area contributed by atoms with Crippen LogP contribution >= 0.6 is 11.3 Å². The Morgan fingerprint density at radius 3 is 2.79 bits per heavy atom. The van der Waals surface area contributed by atoms with Gasteiger partial charge in [-0.3, -0.25) is 4.98 Å². The summed E-state index contributed by atoms with van der Waals surface area (Å²) in [5.74, 6) is 0.483. The summed E-state index contributed by atoms with van der Waals surface area (Å²) in [5, 5.41) is 8.08. The van der Waals surface area contributed by atoms with Crippen molar-refractivity contribution in [3.8, 4) is 10.6 Å². The molecule has 3 nitrogen and oxygen atoms in total. The highest BCUT2D eigenvalue weighted by Gasteiger charge is 2.05. The van der Waals surface area contributed by atoms with Crippen molar-refractivity contribution in [2.24, 2.45) is 0 Å². The van der Waals surface area contributed by atoms with Gasteiger partial charge in [-0.15, -0.1) is 16.4 Å². The minimum Gasteiger partial charge on any atom is -0.252 e. The van der Waals surface area contributed by atoms with E-state index in [1.54, 1.807) is 16.8 Å². The Morgan fingerprint density at radius 1 is 1.29 bits per heavy atom. The van der Waals surface area contributed by atoms with Crippen LogP contribution in [0.4, 0.5) is 0 Å². The van der Waals surface area contributed by atoms with Crippen LogP contribution in [0.1, 0.15) is 25.3 Å². The molecule has 4 heteroatoms. The normalized spacial score (nSPS) is 10.8. The average molecular weight is 205 g/mol. The zero-order chi connectivity index (χ0) is 9.97. The molecule has 0 N–H and O–H groups in total. The van der Waals surface area contributed by atoms with Crippen LogP contribution < -0.4 is 0 Å². The lowest BCUT2D eigenvalue weighted by Crippen LogP contribution is -1.92. The van der Waals surface area contributed by atoms with Crippen LogP contribution in [0.3, 0.4) is 0 Å². The maximum atomic E-state index is 4.08. The molecule has 0 radical (unpaired) electrons. The Balaban J connectivity index is 2.41. The average Bonchev–Trinajstić information content (AvgIpc) is 2.71. The molecule has 2 rings (SSSR count). The van der Waals surface area contributed by atoms with Gasteiger partial charge < -0.3 is 0 Å². The molecule has 2 aromatic heterocycles. The van der Waals surface area contributed by atoms with Gasteiger partial charge in [0.05, 0.1) is 16.6 Å². The fourth-order valence-corrected chi connectivity index (χ4v) is 1.74. The summed E-state index contributed by atoms with van der Waals surface area (Å²) in [7, 11) is 0. The van der Waals surface area contributed by atoms with Crippen LogP contribution in [0.2, 0.25) is 0 Å². The third-order valence-electron chi connectivity index (χ3n) is 2.03. The molecule has 0 bridgehead atoms. The van der Waals surface area contributed by atoms with Gasteiger partial charge in [-0.05, 0) is 17.5 Å². The van der Waals surface area contributed by atoms with E-state index >= 15 is 0 Å². The van der Waals surface area contributed by atoms with Crippen LogP contribution in [-0.4, -0.2) is 15.2 Å². The third-order valence-corrected chi connectivity index (χ3v) is 2.82. The predicted octanol–water partition coefficient (Wildman–Crippen LogP) is 2.72. The van der Waals surface area contributed by atoms with Crippen molar-refractivity contribution in [3.05, 3.63) is 29.5 Å². The molecule has 14 heavy (non-hydrogen) atoms. The summed E-state index contributed by atoms with van der Waals surface area (Å²) in [6.07, 6.45) is 3.63. The third kappa shape index (κ3) is 1.80. The molecule has 0 unspecified atom stereocenters. The quantitative estimate of drug-likeness (QED) is 0.756. The van der Waals surface area contributed by atoms with Crippen molar-refractivity contribution in [1.29, 1.82) is 0 Å². The maximum Gasteiger partial charge on any atom is 0.105 e. The highest BCUT2D eigenvalue weighted by atomic mass is 32.1. The molecular weight excluding hydrogens is 194 g/mol. The first kappa shape index (κ1) is 9.27. The maximum absolute atomic E-state index is 4.08. The Bertz CT molecular complexity index is 409. The van der Waals surface area contributed by atoms with E-state index in [0.717, 1.165) is 10.6 Å². The number of rotatable bonds is 2. The molecule has 0 aliphatic heterocycles. The largest absolute Gasteiger partial charge is 0.252 e. The molecule has 0 saturated heterocycles. The molecule has 72 valence electrons. The van der Waals surface area contributed by atoms with Crippen molar-refractivity contribution < 1.29 is 0 Å². The van der Waals surface area contributed by atoms with Gasteiger partial charge in [0.15, 0.2) is 0 Å². The molecule has 2 aromatic rings. The van der Waals surface area contributed by atoms with Crippen LogP contribution in [0.25, 0.3) is 10.6 Å². The van der Waals surface area contributed by atoms with Gasteiger partial charge in [-0.25, -0.2) is 0 Å². The standard InChI is InChI=1S/C10H11N3S/c1-7(2)8-3-9(13-12-4-8)10-5-11-6-14-10/h3-7H,1-2H3. The lowest BCUT2D eigenvalue weighted by atomic mass is 10.1. The molecule has 0 aliphatic rings. The van der Waals surface area contributed by atoms with Gasteiger partial charge in [0.25, 0.3) is 0 Å². The van der Waals surface area contributed by atoms with Gasteiger partial charge in [-0.2, -0.15) is 5.10 Å². The van der Waals surface area contributed by atoms with Gasteiger partial charge in [0.2, 0.25) is 0 Å². The molecule has 0 spiro atoms. The summed E-state index contributed by atoms with van der Waals surface area (Å²) in [4.78, 5) is 5.09. The smallest absolute Gasteiger partial charge is 0.105 e. The first-order valence-corrected chi connectivity index (χ1v) is 5.37. The Labute approximate surface area is 86.9 Å². The first-order chi connectivity index (χ1) is 6.77. The summed E-state index contributed by atoms with van der Waals surface area (Å²) >= 11 is 1.58. The number of thiazole rings is 1. The fourth-order valence-electron chi connectivity index (χ4n) is 1.16. The Kier molecular flexibility index (Phi) is 2.54. The fraction of sp³-hybridized carbons (Fsp3) is 0.300. The second-order valence-electron chi connectivity index (χ2n) is 3.39. The van der Waals surface area contributed by atoms with Crippen LogP contribution in [-0.2, 0) is 0 Å². The van der Waals surface area contributed by atoms with E-state index in [9.17, 15) is 0 Å². The van der Waals surface area contributed by atoms with E-state index in [1.165, 1.54) is 5.56 Å². The lowest BCUT2D eigenvalue weighted by Gasteiger charge is -2.04. The molecule has 0 fully saturated rings. The van der Waals surface area contributed by atoms with Gasteiger partial charge >= 0.3 is 0 Å². The highest BCUT2D eigenvalue weighted by molar-refractivity contribution is 7.13. The highest BCUT2D eigenvalue weighted by Crippen LogP contribution is 2.23. The minimum atomic E-state index is 0.483. The zero-order valence-electron chi connectivity index (χ0n) is 8.14. The Hall–Kier alpha value is -1.29. The van der Waals surface area contributed by atoms with Gasteiger partial charge in [0.1, 0.15) is 5.69 Å². The van der Waals surface area contributed by atoms with Crippen molar-refractivity contribution >= 4 is 11.3 Å². The second kappa shape index (κ2) is 3.84. The molecule has 2 heterocycles. The van der Waals surface area contributed by atoms with Crippen molar-refractivity contribution in [3.63, 3.8) is 0 Å². The molecular formula is C10H11N3S. The topological polar surface area (TPSA) is 38.7 Å².